The van der Waals surface area contributed by atoms with Crippen molar-refractivity contribution in [1.29, 1.82) is 0 Å². The molecule has 0 aliphatic carbocycles. The van der Waals surface area contributed by atoms with Crippen molar-refractivity contribution in [1.82, 2.24) is 4.98 Å². The van der Waals surface area contributed by atoms with Crippen LogP contribution in [0.25, 0.3) is 22.2 Å². The zero-order valence-corrected chi connectivity index (χ0v) is 12.9. The van der Waals surface area contributed by atoms with E-state index in [-0.39, 0.29) is 5.56 Å². The van der Waals surface area contributed by atoms with E-state index in [9.17, 15) is 9.90 Å². The van der Waals surface area contributed by atoms with Gasteiger partial charge in [0.15, 0.2) is 0 Å². The van der Waals surface area contributed by atoms with E-state index in [4.69, 9.17) is 0 Å². The highest BCUT2D eigenvalue weighted by Crippen LogP contribution is 2.31. The molecule has 1 N–H and O–H groups in total. The number of carboxylic acids is 1. The first kappa shape index (κ1) is 13.8. The topological polar surface area (TPSA) is 50.2 Å². The van der Waals surface area contributed by atoms with Crippen molar-refractivity contribution in [2.45, 2.75) is 6.92 Å². The summed E-state index contributed by atoms with van der Waals surface area (Å²) in [6, 6.07) is 15.0. The van der Waals surface area contributed by atoms with Gasteiger partial charge in [0, 0.05) is 15.4 Å². The first-order valence-corrected chi connectivity index (χ1v) is 7.26. The molecule has 0 unspecified atom stereocenters. The molecular weight excluding hydrogens is 330 g/mol. The largest absolute Gasteiger partial charge is 0.478 e. The fraction of sp³-hybridized carbons (Fsp3) is 0.0588. The second kappa shape index (κ2) is 5.30. The van der Waals surface area contributed by atoms with Gasteiger partial charge < -0.3 is 5.11 Å². The van der Waals surface area contributed by atoms with E-state index in [1.165, 1.54) is 0 Å². The minimum absolute atomic E-state index is 0.255. The van der Waals surface area contributed by atoms with Crippen molar-refractivity contribution < 1.29 is 9.90 Å². The van der Waals surface area contributed by atoms with E-state index in [0.29, 0.717) is 16.6 Å². The fourth-order valence-corrected chi connectivity index (χ4v) is 2.98. The fourth-order valence-electron chi connectivity index (χ4n) is 2.41. The molecule has 2 aromatic carbocycles. The SMILES string of the molecule is Cc1ccccc1-c1cc(C(=O)O)c2c(Br)cccc2n1. The molecule has 1 heterocycles. The number of fused-ring (bicyclic) bond motifs is 1. The number of aryl methyl sites for hydroxylation is 1. The van der Waals surface area contributed by atoms with Gasteiger partial charge in [0.05, 0.1) is 16.8 Å². The first-order valence-electron chi connectivity index (χ1n) is 6.46. The van der Waals surface area contributed by atoms with E-state index in [2.05, 4.69) is 20.9 Å². The van der Waals surface area contributed by atoms with E-state index in [0.717, 1.165) is 15.6 Å². The number of benzene rings is 2. The second-order valence-corrected chi connectivity index (χ2v) is 5.66. The van der Waals surface area contributed by atoms with E-state index in [1.807, 2.05) is 49.4 Å². The van der Waals surface area contributed by atoms with Gasteiger partial charge in [0.1, 0.15) is 0 Å². The Bertz CT molecular complexity index is 859. The predicted molar refractivity (Wildman–Crippen MR) is 86.6 cm³/mol. The number of aromatic carboxylic acids is 1. The Morgan fingerprint density at radius 1 is 1.14 bits per heavy atom. The van der Waals surface area contributed by atoms with Crippen LogP contribution in [0.3, 0.4) is 0 Å². The molecule has 104 valence electrons. The number of nitrogens with zero attached hydrogens (tertiary/aromatic N) is 1. The van der Waals surface area contributed by atoms with Gasteiger partial charge in [-0.15, -0.1) is 0 Å². The van der Waals surface area contributed by atoms with E-state index in [1.54, 1.807) is 6.07 Å². The maximum absolute atomic E-state index is 11.6. The number of hydrogen-bond acceptors (Lipinski definition) is 2. The van der Waals surface area contributed by atoms with Gasteiger partial charge in [-0.05, 0) is 30.7 Å². The van der Waals surface area contributed by atoms with Gasteiger partial charge in [0.2, 0.25) is 0 Å². The lowest BCUT2D eigenvalue weighted by molar-refractivity contribution is 0.0699. The maximum Gasteiger partial charge on any atom is 0.336 e. The summed E-state index contributed by atoms with van der Waals surface area (Å²) in [5, 5.41) is 10.1. The van der Waals surface area contributed by atoms with Gasteiger partial charge in [-0.2, -0.15) is 0 Å². The van der Waals surface area contributed by atoms with Crippen LogP contribution in [0.2, 0.25) is 0 Å². The van der Waals surface area contributed by atoms with Crippen LogP contribution < -0.4 is 0 Å². The van der Waals surface area contributed by atoms with Gasteiger partial charge in [0.25, 0.3) is 0 Å². The first-order chi connectivity index (χ1) is 10.1. The Hall–Kier alpha value is -2.20. The molecule has 0 fully saturated rings. The Labute approximate surface area is 130 Å². The van der Waals surface area contributed by atoms with Gasteiger partial charge in [-0.1, -0.05) is 46.3 Å². The monoisotopic (exact) mass is 341 g/mol. The summed E-state index contributed by atoms with van der Waals surface area (Å²) in [5.41, 5.74) is 3.61. The highest BCUT2D eigenvalue weighted by atomic mass is 79.9. The third-order valence-corrected chi connectivity index (χ3v) is 4.10. The third-order valence-electron chi connectivity index (χ3n) is 3.43. The van der Waals surface area contributed by atoms with Crippen molar-refractivity contribution in [2.24, 2.45) is 0 Å². The van der Waals surface area contributed by atoms with Crippen LogP contribution in [-0.4, -0.2) is 16.1 Å². The summed E-state index contributed by atoms with van der Waals surface area (Å²) >= 11 is 3.41. The van der Waals surface area contributed by atoms with E-state index < -0.39 is 5.97 Å². The van der Waals surface area contributed by atoms with Crippen LogP contribution in [0.1, 0.15) is 15.9 Å². The molecule has 1 aromatic heterocycles. The summed E-state index contributed by atoms with van der Waals surface area (Å²) in [4.78, 5) is 16.2. The Kier molecular flexibility index (Phi) is 3.47. The molecule has 0 radical (unpaired) electrons. The molecule has 0 spiro atoms. The van der Waals surface area contributed by atoms with Crippen LogP contribution in [-0.2, 0) is 0 Å². The Morgan fingerprint density at radius 3 is 2.62 bits per heavy atom. The number of hydrogen-bond donors (Lipinski definition) is 1. The van der Waals surface area contributed by atoms with Gasteiger partial charge >= 0.3 is 5.97 Å². The van der Waals surface area contributed by atoms with Crippen molar-refractivity contribution in [3.63, 3.8) is 0 Å². The number of aromatic nitrogens is 1. The van der Waals surface area contributed by atoms with Crippen molar-refractivity contribution >= 4 is 32.8 Å². The Morgan fingerprint density at radius 2 is 1.90 bits per heavy atom. The zero-order chi connectivity index (χ0) is 15.0. The average molecular weight is 342 g/mol. The number of carboxylic acid groups (broad SMARTS) is 1. The Balaban J connectivity index is 2.37. The molecule has 3 rings (SSSR count). The summed E-state index contributed by atoms with van der Waals surface area (Å²) in [6.07, 6.45) is 0. The van der Waals surface area contributed by atoms with Crippen LogP contribution in [0, 0.1) is 6.92 Å². The van der Waals surface area contributed by atoms with Gasteiger partial charge in [-0.3, -0.25) is 0 Å². The van der Waals surface area contributed by atoms with Crippen LogP contribution in [0.4, 0.5) is 0 Å². The molecule has 3 aromatic rings. The molecule has 3 nitrogen and oxygen atoms in total. The van der Waals surface area contributed by atoms with E-state index >= 15 is 0 Å². The van der Waals surface area contributed by atoms with Crippen LogP contribution >= 0.6 is 15.9 Å². The highest BCUT2D eigenvalue weighted by Gasteiger charge is 2.15. The third kappa shape index (κ3) is 2.43. The second-order valence-electron chi connectivity index (χ2n) is 4.81. The number of rotatable bonds is 2. The highest BCUT2D eigenvalue weighted by molar-refractivity contribution is 9.10. The molecule has 0 amide bonds. The predicted octanol–water partition coefficient (Wildman–Crippen LogP) is 4.67. The average Bonchev–Trinajstić information content (AvgIpc) is 2.46. The summed E-state index contributed by atoms with van der Waals surface area (Å²) in [5.74, 6) is -0.955. The number of carbonyl (C=O) groups is 1. The lowest BCUT2D eigenvalue weighted by atomic mass is 10.0. The van der Waals surface area contributed by atoms with Crippen molar-refractivity contribution in [3.05, 3.63) is 64.1 Å². The number of pyridine rings is 1. The number of halogens is 1. The molecule has 0 bridgehead atoms. The van der Waals surface area contributed by atoms with Crippen molar-refractivity contribution in [2.75, 3.05) is 0 Å². The molecule has 0 aliphatic heterocycles. The quantitative estimate of drug-likeness (QED) is 0.736. The summed E-state index contributed by atoms with van der Waals surface area (Å²) in [7, 11) is 0. The van der Waals surface area contributed by atoms with Crippen LogP contribution in [0.5, 0.6) is 0 Å². The lowest BCUT2D eigenvalue weighted by Crippen LogP contribution is -2.01. The molecule has 0 aliphatic rings. The van der Waals surface area contributed by atoms with Crippen molar-refractivity contribution in [3.8, 4) is 11.3 Å². The minimum atomic E-state index is -0.955. The minimum Gasteiger partial charge on any atom is -0.478 e. The zero-order valence-electron chi connectivity index (χ0n) is 11.3. The molecule has 0 saturated heterocycles. The lowest BCUT2D eigenvalue weighted by Gasteiger charge is -2.10. The normalized spacial score (nSPS) is 10.8. The standard InChI is InChI=1S/C17H12BrNO2/c1-10-5-2-3-6-11(10)15-9-12(17(20)21)16-13(18)7-4-8-14(16)19-15/h2-9H,1H3,(H,20,21). The summed E-state index contributed by atoms with van der Waals surface area (Å²) < 4.78 is 0.737. The molecule has 0 saturated carbocycles. The maximum atomic E-state index is 11.6. The molecule has 4 heteroatoms. The molecule has 0 atom stereocenters. The molecular formula is C17H12BrNO2. The summed E-state index contributed by atoms with van der Waals surface area (Å²) in [6.45, 7) is 1.99. The van der Waals surface area contributed by atoms with Crippen LogP contribution in [0.15, 0.2) is 53.0 Å². The van der Waals surface area contributed by atoms with Gasteiger partial charge in [-0.25, -0.2) is 9.78 Å². The molecule has 21 heavy (non-hydrogen) atoms. The smallest absolute Gasteiger partial charge is 0.336 e.